The van der Waals surface area contributed by atoms with E-state index >= 15 is 0 Å². The van der Waals surface area contributed by atoms with E-state index in [1.807, 2.05) is 66.7 Å². The molecule has 0 aromatic heterocycles. The van der Waals surface area contributed by atoms with Crippen LogP contribution in [0.1, 0.15) is 39.1 Å². The molecule has 1 unspecified atom stereocenters. The lowest BCUT2D eigenvalue weighted by atomic mass is 10.0. The van der Waals surface area contributed by atoms with Crippen LogP contribution in [0, 0.1) is 0 Å². The predicted octanol–water partition coefficient (Wildman–Crippen LogP) is 6.41. The maximum Gasteiger partial charge on any atom is 0.203 e. The Morgan fingerprint density at radius 3 is 1.74 bits per heavy atom. The summed E-state index contributed by atoms with van der Waals surface area (Å²) in [5.74, 6) is 1.21. The second-order valence-corrected chi connectivity index (χ2v) is 7.86. The molecule has 0 aliphatic heterocycles. The molecule has 0 radical (unpaired) electrons. The molecule has 0 N–H and O–H groups in total. The van der Waals surface area contributed by atoms with Gasteiger partial charge in [0.05, 0.1) is 6.61 Å². The zero-order valence-corrected chi connectivity index (χ0v) is 18.8. The molecule has 0 amide bonds. The van der Waals surface area contributed by atoms with Crippen molar-refractivity contribution in [2.24, 2.45) is 0 Å². The van der Waals surface area contributed by atoms with Crippen LogP contribution in [-0.2, 0) is 0 Å². The highest BCUT2D eigenvalue weighted by molar-refractivity contribution is 6.09. The minimum Gasteiger partial charge on any atom is -0.494 e. The lowest BCUT2D eigenvalue weighted by molar-refractivity contribution is 0.0767. The van der Waals surface area contributed by atoms with E-state index in [-0.39, 0.29) is 11.6 Å². The van der Waals surface area contributed by atoms with E-state index in [0.717, 1.165) is 5.75 Å². The molecule has 1 atom stereocenters. The second kappa shape index (κ2) is 11.6. The first kappa shape index (κ1) is 23.0. The minimum absolute atomic E-state index is 0.0536. The highest BCUT2D eigenvalue weighted by Crippen LogP contribution is 2.20. The number of para-hydroxylation sites is 1. The summed E-state index contributed by atoms with van der Waals surface area (Å²) in [6.45, 7) is 0.483. The van der Waals surface area contributed by atoms with Crippen LogP contribution in [0.4, 0.5) is 0 Å². The standard InChI is InChI=1S/C30H26O4/c31-29(23-11-4-1-5-12-23)25-18-20-27(21-19-25)34-28(30(32)24-13-6-2-7-14-24)17-10-22-33-26-15-8-3-9-16-26/h1-9,11-16,18-21,28H,10,17,22H2. The van der Waals surface area contributed by atoms with Gasteiger partial charge in [-0.1, -0.05) is 78.9 Å². The Morgan fingerprint density at radius 2 is 1.12 bits per heavy atom. The third kappa shape index (κ3) is 6.20. The quantitative estimate of drug-likeness (QED) is 0.196. The summed E-state index contributed by atoms with van der Waals surface area (Å²) in [5.41, 5.74) is 1.81. The normalized spacial score (nSPS) is 11.4. The zero-order chi connectivity index (χ0) is 23.6. The smallest absolute Gasteiger partial charge is 0.203 e. The maximum absolute atomic E-state index is 13.2. The molecule has 4 nitrogen and oxygen atoms in total. The van der Waals surface area contributed by atoms with Crippen LogP contribution in [0.25, 0.3) is 0 Å². The lowest BCUT2D eigenvalue weighted by Gasteiger charge is -2.19. The van der Waals surface area contributed by atoms with E-state index in [1.165, 1.54) is 0 Å². The van der Waals surface area contributed by atoms with Crippen molar-refractivity contribution in [3.63, 3.8) is 0 Å². The van der Waals surface area contributed by atoms with E-state index < -0.39 is 6.10 Å². The van der Waals surface area contributed by atoms with E-state index in [4.69, 9.17) is 9.47 Å². The molecule has 170 valence electrons. The molecule has 4 aromatic rings. The molecule has 4 aromatic carbocycles. The molecule has 0 aliphatic rings. The molecule has 0 spiro atoms. The summed E-state index contributed by atoms with van der Waals surface area (Å²) >= 11 is 0. The van der Waals surface area contributed by atoms with Crippen molar-refractivity contribution in [1.82, 2.24) is 0 Å². The Bertz CT molecular complexity index is 1190. The van der Waals surface area contributed by atoms with Gasteiger partial charge >= 0.3 is 0 Å². The van der Waals surface area contributed by atoms with Crippen LogP contribution in [-0.4, -0.2) is 24.3 Å². The molecule has 0 heterocycles. The number of hydrogen-bond acceptors (Lipinski definition) is 4. The van der Waals surface area contributed by atoms with Crippen LogP contribution in [0.5, 0.6) is 11.5 Å². The fraction of sp³-hybridized carbons (Fsp3) is 0.133. The molecule has 4 rings (SSSR count). The van der Waals surface area contributed by atoms with Crippen molar-refractivity contribution in [2.75, 3.05) is 6.61 Å². The van der Waals surface area contributed by atoms with Gasteiger partial charge in [-0.05, 0) is 49.2 Å². The van der Waals surface area contributed by atoms with Gasteiger partial charge in [0.2, 0.25) is 5.78 Å². The van der Waals surface area contributed by atoms with Crippen LogP contribution < -0.4 is 9.47 Å². The predicted molar refractivity (Wildman–Crippen MR) is 133 cm³/mol. The number of benzene rings is 4. The Balaban J connectivity index is 1.43. The average molecular weight is 451 g/mol. The number of ketones is 2. The first-order valence-electron chi connectivity index (χ1n) is 11.3. The summed E-state index contributed by atoms with van der Waals surface area (Å²) in [7, 11) is 0. The van der Waals surface area contributed by atoms with Crippen LogP contribution in [0.3, 0.4) is 0 Å². The molecular weight excluding hydrogens is 424 g/mol. The number of carbonyl (C=O) groups is 2. The Hall–Kier alpha value is -4.18. The fourth-order valence-corrected chi connectivity index (χ4v) is 3.61. The SMILES string of the molecule is O=C(c1ccccc1)c1ccc(OC(CCCOc2ccccc2)C(=O)c2ccccc2)cc1. The lowest BCUT2D eigenvalue weighted by Crippen LogP contribution is -2.28. The maximum atomic E-state index is 13.2. The van der Waals surface area contributed by atoms with Crippen molar-refractivity contribution in [2.45, 2.75) is 18.9 Å². The third-order valence-electron chi connectivity index (χ3n) is 5.40. The highest BCUT2D eigenvalue weighted by atomic mass is 16.5. The van der Waals surface area contributed by atoms with E-state index in [1.54, 1.807) is 48.5 Å². The molecule has 0 saturated heterocycles. The summed E-state index contributed by atoms with van der Waals surface area (Å²) in [6, 6.07) is 34.8. The van der Waals surface area contributed by atoms with Crippen molar-refractivity contribution >= 4 is 11.6 Å². The van der Waals surface area contributed by atoms with E-state index in [0.29, 0.717) is 41.9 Å². The number of carbonyl (C=O) groups excluding carboxylic acids is 2. The number of Topliss-reactive ketones (excluding diaryl/α,β-unsaturated/α-hetero) is 1. The van der Waals surface area contributed by atoms with Crippen molar-refractivity contribution in [3.8, 4) is 11.5 Å². The second-order valence-electron chi connectivity index (χ2n) is 7.86. The summed E-state index contributed by atoms with van der Waals surface area (Å²) in [6.07, 6.45) is 0.506. The van der Waals surface area contributed by atoms with Crippen molar-refractivity contribution < 1.29 is 19.1 Å². The summed E-state index contributed by atoms with van der Waals surface area (Å²) in [5, 5.41) is 0. The summed E-state index contributed by atoms with van der Waals surface area (Å²) < 4.78 is 11.9. The van der Waals surface area contributed by atoms with Gasteiger partial charge in [-0.3, -0.25) is 9.59 Å². The Morgan fingerprint density at radius 1 is 0.588 bits per heavy atom. The zero-order valence-electron chi connectivity index (χ0n) is 18.8. The van der Waals surface area contributed by atoms with Gasteiger partial charge in [-0.25, -0.2) is 0 Å². The molecule has 34 heavy (non-hydrogen) atoms. The number of ether oxygens (including phenoxy) is 2. The fourth-order valence-electron chi connectivity index (χ4n) is 3.61. The van der Waals surface area contributed by atoms with Gasteiger partial charge in [0, 0.05) is 16.7 Å². The molecule has 0 aliphatic carbocycles. The van der Waals surface area contributed by atoms with Crippen molar-refractivity contribution in [1.29, 1.82) is 0 Å². The van der Waals surface area contributed by atoms with Gasteiger partial charge in [-0.15, -0.1) is 0 Å². The molecule has 4 heteroatoms. The van der Waals surface area contributed by atoms with Crippen LogP contribution in [0.15, 0.2) is 115 Å². The molecule has 0 saturated carbocycles. The van der Waals surface area contributed by atoms with Crippen LogP contribution >= 0.6 is 0 Å². The first-order valence-corrected chi connectivity index (χ1v) is 11.3. The Labute approximate surface area is 199 Å². The largest absolute Gasteiger partial charge is 0.494 e. The van der Waals surface area contributed by atoms with E-state index in [2.05, 4.69) is 0 Å². The third-order valence-corrected chi connectivity index (χ3v) is 5.40. The monoisotopic (exact) mass is 450 g/mol. The van der Waals surface area contributed by atoms with Gasteiger partial charge < -0.3 is 9.47 Å². The number of rotatable bonds is 11. The Kier molecular flexibility index (Phi) is 7.86. The van der Waals surface area contributed by atoms with E-state index in [9.17, 15) is 9.59 Å². The van der Waals surface area contributed by atoms with Gasteiger partial charge in [0.1, 0.15) is 11.5 Å². The van der Waals surface area contributed by atoms with Crippen molar-refractivity contribution in [3.05, 3.63) is 132 Å². The molecule has 0 bridgehead atoms. The summed E-state index contributed by atoms with van der Waals surface area (Å²) in [4.78, 5) is 25.8. The van der Waals surface area contributed by atoms with Crippen LogP contribution in [0.2, 0.25) is 0 Å². The first-order chi connectivity index (χ1) is 16.7. The highest BCUT2D eigenvalue weighted by Gasteiger charge is 2.22. The van der Waals surface area contributed by atoms with Gasteiger partial charge in [0.15, 0.2) is 11.9 Å². The van der Waals surface area contributed by atoms with Gasteiger partial charge in [-0.2, -0.15) is 0 Å². The number of hydrogen-bond donors (Lipinski definition) is 0. The van der Waals surface area contributed by atoms with Gasteiger partial charge in [0.25, 0.3) is 0 Å². The molecule has 0 fully saturated rings. The minimum atomic E-state index is -0.655. The topological polar surface area (TPSA) is 52.6 Å². The average Bonchev–Trinajstić information content (AvgIpc) is 2.91. The molecular formula is C30H26O4.